The maximum absolute atomic E-state index is 11.5. The Bertz CT molecular complexity index is 801. The molecular weight excluding hydrogens is 262 g/mol. The smallest absolute Gasteiger partial charge is 0.349 e. The van der Waals surface area contributed by atoms with E-state index in [1.807, 2.05) is 0 Å². The number of H-pyrrole nitrogens is 1. The summed E-state index contributed by atoms with van der Waals surface area (Å²) in [5, 5.41) is 13.3. The number of aromatic amines is 1. The van der Waals surface area contributed by atoms with E-state index < -0.39 is 0 Å². The second kappa shape index (κ2) is 4.76. The highest BCUT2D eigenvalue weighted by atomic mass is 16.5. The van der Waals surface area contributed by atoms with Crippen LogP contribution in [0.15, 0.2) is 15.4 Å². The summed E-state index contributed by atoms with van der Waals surface area (Å²) in [7, 11) is 0. The van der Waals surface area contributed by atoms with Gasteiger partial charge in [-0.2, -0.15) is 10.1 Å². The molecule has 0 saturated heterocycles. The Hall–Kier alpha value is -2.71. The van der Waals surface area contributed by atoms with Gasteiger partial charge in [0.2, 0.25) is 5.89 Å². The Balaban J connectivity index is 1.73. The lowest BCUT2D eigenvalue weighted by atomic mass is 10.4. The van der Waals surface area contributed by atoms with E-state index in [0.717, 1.165) is 0 Å². The average Bonchev–Trinajstić information content (AvgIpc) is 2.97. The van der Waals surface area contributed by atoms with Crippen LogP contribution < -0.4 is 11.0 Å². The number of rotatable bonds is 4. The minimum absolute atomic E-state index is 0.293. The third kappa shape index (κ3) is 2.25. The van der Waals surface area contributed by atoms with Crippen LogP contribution in [0.25, 0.3) is 5.65 Å². The molecule has 0 aliphatic rings. The zero-order valence-electron chi connectivity index (χ0n) is 11.0. The van der Waals surface area contributed by atoms with Crippen molar-refractivity contribution in [2.45, 2.75) is 20.3 Å². The quantitative estimate of drug-likeness (QED) is 0.692. The first-order valence-electron chi connectivity index (χ1n) is 6.11. The van der Waals surface area contributed by atoms with Gasteiger partial charge in [0, 0.05) is 26.0 Å². The molecule has 3 rings (SSSR count). The molecule has 2 N–H and O–H groups in total. The fourth-order valence-electron chi connectivity index (χ4n) is 1.93. The molecule has 20 heavy (non-hydrogen) atoms. The number of nitrogens with zero attached hydrogens (tertiary/aromatic N) is 5. The van der Waals surface area contributed by atoms with Crippen molar-refractivity contribution < 1.29 is 4.52 Å². The minimum Gasteiger partial charge on any atom is -0.369 e. The SMILES string of the molecule is Cc1nc(CCNc2cc3n[nH]c(=O)n3c(C)n2)no1. The highest BCUT2D eigenvalue weighted by molar-refractivity contribution is 5.49. The number of anilines is 1. The van der Waals surface area contributed by atoms with Gasteiger partial charge in [-0.05, 0) is 6.92 Å². The van der Waals surface area contributed by atoms with Crippen molar-refractivity contribution in [1.29, 1.82) is 0 Å². The zero-order chi connectivity index (χ0) is 14.1. The molecule has 0 aromatic carbocycles. The lowest BCUT2D eigenvalue weighted by Crippen LogP contribution is -2.15. The molecule has 0 fully saturated rings. The molecule has 9 nitrogen and oxygen atoms in total. The minimum atomic E-state index is -0.293. The van der Waals surface area contributed by atoms with Gasteiger partial charge in [0.05, 0.1) is 0 Å². The number of aromatic nitrogens is 6. The largest absolute Gasteiger partial charge is 0.369 e. The number of aryl methyl sites for hydroxylation is 2. The Morgan fingerprint density at radius 2 is 2.25 bits per heavy atom. The predicted octanol–water partition coefficient (Wildman–Crippen LogP) is 0.0720. The van der Waals surface area contributed by atoms with Crippen LogP contribution in [0.5, 0.6) is 0 Å². The summed E-state index contributed by atoms with van der Waals surface area (Å²) in [5.74, 6) is 2.41. The van der Waals surface area contributed by atoms with E-state index in [0.29, 0.717) is 42.0 Å². The molecule has 3 aromatic heterocycles. The second-order valence-corrected chi connectivity index (χ2v) is 4.32. The molecule has 3 aromatic rings. The summed E-state index contributed by atoms with van der Waals surface area (Å²) in [5.41, 5.74) is 0.235. The monoisotopic (exact) mass is 275 g/mol. The Morgan fingerprint density at radius 3 is 3.00 bits per heavy atom. The van der Waals surface area contributed by atoms with E-state index in [1.54, 1.807) is 19.9 Å². The van der Waals surface area contributed by atoms with Crippen LogP contribution in [0.1, 0.15) is 17.5 Å². The topological polar surface area (TPSA) is 114 Å². The van der Waals surface area contributed by atoms with E-state index in [9.17, 15) is 4.79 Å². The van der Waals surface area contributed by atoms with Crippen molar-refractivity contribution in [2.24, 2.45) is 0 Å². The van der Waals surface area contributed by atoms with Gasteiger partial charge < -0.3 is 9.84 Å². The molecule has 3 heterocycles. The Labute approximate surface area is 113 Å². The van der Waals surface area contributed by atoms with E-state index in [1.165, 1.54) is 4.40 Å². The maximum atomic E-state index is 11.5. The van der Waals surface area contributed by atoms with Gasteiger partial charge in [-0.15, -0.1) is 0 Å². The molecule has 0 unspecified atom stereocenters. The number of nitrogens with one attached hydrogen (secondary N) is 2. The van der Waals surface area contributed by atoms with Crippen molar-refractivity contribution in [3.05, 3.63) is 34.1 Å². The third-order valence-electron chi connectivity index (χ3n) is 2.79. The van der Waals surface area contributed by atoms with Gasteiger partial charge >= 0.3 is 5.69 Å². The van der Waals surface area contributed by atoms with Crippen molar-refractivity contribution >= 4 is 11.5 Å². The summed E-state index contributed by atoms with van der Waals surface area (Å²) in [4.78, 5) is 19.9. The molecule has 9 heteroatoms. The van der Waals surface area contributed by atoms with Gasteiger partial charge in [-0.25, -0.2) is 19.3 Å². The first-order chi connectivity index (χ1) is 9.63. The first-order valence-corrected chi connectivity index (χ1v) is 6.11. The molecule has 0 atom stereocenters. The fourth-order valence-corrected chi connectivity index (χ4v) is 1.93. The van der Waals surface area contributed by atoms with Crippen LogP contribution in [0.3, 0.4) is 0 Å². The van der Waals surface area contributed by atoms with Crippen molar-refractivity contribution in [3.63, 3.8) is 0 Å². The van der Waals surface area contributed by atoms with Crippen molar-refractivity contribution in [3.8, 4) is 0 Å². The molecule has 0 radical (unpaired) electrons. The van der Waals surface area contributed by atoms with Gasteiger partial charge in [-0.1, -0.05) is 5.16 Å². The van der Waals surface area contributed by atoms with Gasteiger partial charge in [0.1, 0.15) is 11.6 Å². The summed E-state index contributed by atoms with van der Waals surface area (Å²) < 4.78 is 6.30. The molecule has 0 aliphatic heterocycles. The number of hydrogen-bond acceptors (Lipinski definition) is 7. The van der Waals surface area contributed by atoms with Crippen LogP contribution in [0.2, 0.25) is 0 Å². The molecule has 0 aliphatic carbocycles. The standard InChI is InChI=1S/C11H13N7O2/c1-6-13-9(5-10-15-16-11(19)18(6)10)12-4-3-8-14-7(2)20-17-8/h5,12H,3-4H2,1-2H3,(H,16,19). The molecule has 0 spiro atoms. The van der Waals surface area contributed by atoms with Crippen LogP contribution in [-0.4, -0.2) is 36.3 Å². The summed E-state index contributed by atoms with van der Waals surface area (Å²) in [6.07, 6.45) is 0.622. The predicted molar refractivity (Wildman–Crippen MR) is 69.6 cm³/mol. The lowest BCUT2D eigenvalue weighted by molar-refractivity contribution is 0.387. The first kappa shape index (κ1) is 12.3. The number of hydrogen-bond donors (Lipinski definition) is 2. The summed E-state index contributed by atoms with van der Waals surface area (Å²) >= 11 is 0. The lowest BCUT2D eigenvalue weighted by Gasteiger charge is -2.05. The molecule has 0 bridgehead atoms. The normalized spacial score (nSPS) is 11.1. The van der Waals surface area contributed by atoms with E-state index in [2.05, 4.69) is 30.6 Å². The second-order valence-electron chi connectivity index (χ2n) is 4.32. The van der Waals surface area contributed by atoms with Crippen molar-refractivity contribution in [2.75, 3.05) is 11.9 Å². The van der Waals surface area contributed by atoms with E-state index in [4.69, 9.17) is 4.52 Å². The van der Waals surface area contributed by atoms with E-state index >= 15 is 0 Å². The van der Waals surface area contributed by atoms with Crippen LogP contribution in [-0.2, 0) is 6.42 Å². The summed E-state index contributed by atoms with van der Waals surface area (Å²) in [6, 6.07) is 1.70. The molecular formula is C11H13N7O2. The molecule has 104 valence electrons. The third-order valence-corrected chi connectivity index (χ3v) is 2.79. The highest BCUT2D eigenvalue weighted by Crippen LogP contribution is 2.07. The molecule has 0 amide bonds. The summed E-state index contributed by atoms with van der Waals surface area (Å²) in [6.45, 7) is 4.10. The number of fused-ring (bicyclic) bond motifs is 1. The Morgan fingerprint density at radius 1 is 1.40 bits per heavy atom. The van der Waals surface area contributed by atoms with Crippen molar-refractivity contribution in [1.82, 2.24) is 29.7 Å². The fraction of sp³-hybridized carbons (Fsp3) is 0.364. The van der Waals surface area contributed by atoms with Crippen LogP contribution in [0.4, 0.5) is 5.82 Å². The van der Waals surface area contributed by atoms with Gasteiger partial charge in [0.25, 0.3) is 0 Å². The zero-order valence-corrected chi connectivity index (χ0v) is 11.0. The van der Waals surface area contributed by atoms with Gasteiger partial charge in [0.15, 0.2) is 11.5 Å². The average molecular weight is 275 g/mol. The van der Waals surface area contributed by atoms with Crippen LogP contribution in [0, 0.1) is 13.8 Å². The Kier molecular flexibility index (Phi) is 2.93. The van der Waals surface area contributed by atoms with Gasteiger partial charge in [-0.3, -0.25) is 0 Å². The molecule has 0 saturated carbocycles. The highest BCUT2D eigenvalue weighted by Gasteiger charge is 2.07. The maximum Gasteiger partial charge on any atom is 0.349 e. The van der Waals surface area contributed by atoms with Crippen LogP contribution >= 0.6 is 0 Å². The van der Waals surface area contributed by atoms with E-state index in [-0.39, 0.29) is 5.69 Å².